The summed E-state index contributed by atoms with van der Waals surface area (Å²) in [5.74, 6) is 0.546. The molecule has 8 heteroatoms. The smallest absolute Gasteiger partial charge is 0.302 e. The van der Waals surface area contributed by atoms with E-state index in [2.05, 4.69) is 15.3 Å². The summed E-state index contributed by atoms with van der Waals surface area (Å²) < 4.78 is 5.01. The van der Waals surface area contributed by atoms with Gasteiger partial charge in [0.25, 0.3) is 5.22 Å². The highest BCUT2D eigenvalue weighted by Gasteiger charge is 2.18. The number of nitrogens with zero attached hydrogens (tertiary/aromatic N) is 3. The fraction of sp³-hybridized carbons (Fsp3) is 0.111. The molecule has 0 unspecified atom stereocenters. The van der Waals surface area contributed by atoms with Gasteiger partial charge in [0, 0.05) is 13.1 Å². The fourth-order valence-corrected chi connectivity index (χ4v) is 1.90. The normalized spacial score (nSPS) is 10.2. The second-order valence-corrected chi connectivity index (χ2v) is 3.87. The highest BCUT2D eigenvalue weighted by molar-refractivity contribution is 7.99. The van der Waals surface area contributed by atoms with Gasteiger partial charge in [-0.3, -0.25) is 10.1 Å². The monoisotopic (exact) mass is 252 g/mol. The molecule has 0 saturated carbocycles. The van der Waals surface area contributed by atoms with Crippen LogP contribution in [0, 0.1) is 10.1 Å². The number of pyridine rings is 1. The fourth-order valence-electron chi connectivity index (χ4n) is 1.13. The Bertz CT molecular complexity index is 529. The Kier molecular flexibility index (Phi) is 3.24. The first-order valence-electron chi connectivity index (χ1n) is 4.61. The van der Waals surface area contributed by atoms with Gasteiger partial charge in [0.15, 0.2) is 5.03 Å². The van der Waals surface area contributed by atoms with Crippen molar-refractivity contribution in [3.05, 3.63) is 34.7 Å². The molecule has 2 rings (SSSR count). The van der Waals surface area contributed by atoms with Crippen LogP contribution in [0.4, 0.5) is 11.5 Å². The minimum absolute atomic E-state index is 0.0767. The molecule has 0 fully saturated rings. The maximum absolute atomic E-state index is 10.8. The van der Waals surface area contributed by atoms with E-state index in [9.17, 15) is 10.1 Å². The van der Waals surface area contributed by atoms with E-state index in [-0.39, 0.29) is 10.7 Å². The third-order valence-electron chi connectivity index (χ3n) is 1.89. The zero-order valence-electron chi connectivity index (χ0n) is 8.78. The Morgan fingerprint density at radius 1 is 1.53 bits per heavy atom. The van der Waals surface area contributed by atoms with Crippen molar-refractivity contribution in [3.8, 4) is 0 Å². The molecule has 0 aliphatic rings. The maximum atomic E-state index is 10.8. The number of nitro groups is 1. The number of oxazole rings is 1. The van der Waals surface area contributed by atoms with Crippen molar-refractivity contribution in [3.63, 3.8) is 0 Å². The van der Waals surface area contributed by atoms with Gasteiger partial charge in [-0.25, -0.2) is 9.97 Å². The predicted molar refractivity (Wildman–Crippen MR) is 61.1 cm³/mol. The number of anilines is 1. The topological polar surface area (TPSA) is 94.1 Å². The molecule has 0 amide bonds. The number of rotatable bonds is 4. The Morgan fingerprint density at radius 3 is 2.94 bits per heavy atom. The van der Waals surface area contributed by atoms with E-state index in [0.29, 0.717) is 11.0 Å². The first-order valence-corrected chi connectivity index (χ1v) is 5.43. The summed E-state index contributed by atoms with van der Waals surface area (Å²) in [4.78, 5) is 18.3. The van der Waals surface area contributed by atoms with Gasteiger partial charge in [0.05, 0.1) is 11.1 Å². The first-order chi connectivity index (χ1) is 8.20. The number of hydrogen-bond donors (Lipinski definition) is 1. The van der Waals surface area contributed by atoms with E-state index in [0.717, 1.165) is 11.8 Å². The zero-order chi connectivity index (χ0) is 12.3. The van der Waals surface area contributed by atoms with Gasteiger partial charge in [0.1, 0.15) is 12.1 Å². The van der Waals surface area contributed by atoms with Gasteiger partial charge < -0.3 is 9.73 Å². The Balaban J connectivity index is 2.38. The van der Waals surface area contributed by atoms with Crippen molar-refractivity contribution >= 4 is 23.3 Å². The van der Waals surface area contributed by atoms with Gasteiger partial charge in [-0.1, -0.05) is 0 Å². The third kappa shape index (κ3) is 2.53. The molecule has 0 bridgehead atoms. The van der Waals surface area contributed by atoms with Crippen molar-refractivity contribution in [1.29, 1.82) is 0 Å². The van der Waals surface area contributed by atoms with Gasteiger partial charge >= 0.3 is 5.69 Å². The molecule has 2 aromatic heterocycles. The molecule has 17 heavy (non-hydrogen) atoms. The molecule has 0 spiro atoms. The number of aromatic nitrogens is 2. The van der Waals surface area contributed by atoms with E-state index >= 15 is 0 Å². The van der Waals surface area contributed by atoms with Crippen LogP contribution in [-0.2, 0) is 0 Å². The largest absolute Gasteiger partial charge is 0.440 e. The van der Waals surface area contributed by atoms with Crippen LogP contribution in [0.1, 0.15) is 0 Å². The summed E-state index contributed by atoms with van der Waals surface area (Å²) >= 11 is 1.01. The Hall–Kier alpha value is -2.09. The van der Waals surface area contributed by atoms with Crippen LogP contribution < -0.4 is 5.32 Å². The lowest BCUT2D eigenvalue weighted by atomic mass is 10.4. The highest BCUT2D eigenvalue weighted by Crippen LogP contribution is 2.32. The van der Waals surface area contributed by atoms with Crippen LogP contribution in [-0.4, -0.2) is 21.9 Å². The van der Waals surface area contributed by atoms with Crippen LogP contribution in [0.25, 0.3) is 0 Å². The summed E-state index contributed by atoms with van der Waals surface area (Å²) in [6, 6.07) is 2.93. The lowest BCUT2D eigenvalue weighted by Gasteiger charge is -2.02. The second-order valence-electron chi connectivity index (χ2n) is 2.93. The van der Waals surface area contributed by atoms with E-state index in [1.165, 1.54) is 24.6 Å². The quantitative estimate of drug-likeness (QED) is 0.658. The average molecular weight is 252 g/mol. The lowest BCUT2D eigenvalue weighted by Crippen LogP contribution is -1.97. The van der Waals surface area contributed by atoms with E-state index in [1.54, 1.807) is 7.05 Å². The molecule has 2 heterocycles. The van der Waals surface area contributed by atoms with Crippen molar-refractivity contribution in [2.24, 2.45) is 0 Å². The third-order valence-corrected chi connectivity index (χ3v) is 2.76. The first kappa shape index (κ1) is 11.4. The highest BCUT2D eigenvalue weighted by atomic mass is 32.2. The molecular weight excluding hydrogens is 244 g/mol. The molecule has 7 nitrogen and oxygen atoms in total. The molecule has 0 atom stereocenters. The Morgan fingerprint density at radius 2 is 2.35 bits per heavy atom. The van der Waals surface area contributed by atoms with Gasteiger partial charge in [0.2, 0.25) is 0 Å². The van der Waals surface area contributed by atoms with Crippen LogP contribution in [0.3, 0.4) is 0 Å². The maximum Gasteiger partial charge on any atom is 0.302 e. The summed E-state index contributed by atoms with van der Waals surface area (Å²) in [5.41, 5.74) is -0.0767. The van der Waals surface area contributed by atoms with Gasteiger partial charge in [-0.2, -0.15) is 0 Å². The molecule has 0 saturated heterocycles. The van der Waals surface area contributed by atoms with Crippen molar-refractivity contribution in [2.75, 3.05) is 12.4 Å². The molecule has 88 valence electrons. The van der Waals surface area contributed by atoms with Gasteiger partial charge in [-0.15, -0.1) is 0 Å². The van der Waals surface area contributed by atoms with Crippen molar-refractivity contribution < 1.29 is 9.34 Å². The molecule has 0 aromatic carbocycles. The summed E-state index contributed by atoms with van der Waals surface area (Å²) in [7, 11) is 1.69. The molecule has 0 aliphatic carbocycles. The van der Waals surface area contributed by atoms with E-state index in [4.69, 9.17) is 4.42 Å². The van der Waals surface area contributed by atoms with Crippen LogP contribution in [0.15, 0.2) is 39.3 Å². The standard InChI is InChI=1S/C9H8N4O3S/c1-10-7-3-2-6(13(14)15)8(12-7)17-9-11-4-5-16-9/h2-5H,1H3,(H,10,12). The molecular formula is C9H8N4O3S. The van der Waals surface area contributed by atoms with E-state index in [1.807, 2.05) is 0 Å². The Labute approximate surface area is 100 Å². The average Bonchev–Trinajstić information content (AvgIpc) is 2.81. The summed E-state index contributed by atoms with van der Waals surface area (Å²) in [6.45, 7) is 0. The second kappa shape index (κ2) is 4.83. The van der Waals surface area contributed by atoms with Crippen molar-refractivity contribution in [1.82, 2.24) is 9.97 Å². The SMILES string of the molecule is CNc1ccc([N+](=O)[O-])c(Sc2ncco2)n1. The number of nitrogens with one attached hydrogen (secondary N) is 1. The zero-order valence-corrected chi connectivity index (χ0v) is 9.60. The van der Waals surface area contributed by atoms with Crippen molar-refractivity contribution in [2.45, 2.75) is 10.2 Å². The number of hydrogen-bond acceptors (Lipinski definition) is 7. The van der Waals surface area contributed by atoms with Crippen LogP contribution >= 0.6 is 11.8 Å². The van der Waals surface area contributed by atoms with Crippen LogP contribution in [0.2, 0.25) is 0 Å². The minimum atomic E-state index is -0.488. The van der Waals surface area contributed by atoms with Gasteiger partial charge in [-0.05, 0) is 17.8 Å². The molecule has 0 radical (unpaired) electrons. The van der Waals surface area contributed by atoms with E-state index < -0.39 is 4.92 Å². The summed E-state index contributed by atoms with van der Waals surface area (Å²) in [6.07, 6.45) is 2.87. The molecule has 1 N–H and O–H groups in total. The predicted octanol–water partition coefficient (Wildman–Crippen LogP) is 2.17. The van der Waals surface area contributed by atoms with Crippen LogP contribution in [0.5, 0.6) is 0 Å². The molecule has 0 aliphatic heterocycles. The lowest BCUT2D eigenvalue weighted by molar-refractivity contribution is -0.388. The molecule has 2 aromatic rings. The summed E-state index contributed by atoms with van der Waals surface area (Å²) in [5, 5.41) is 14.2. The minimum Gasteiger partial charge on any atom is -0.440 e.